The van der Waals surface area contributed by atoms with Crippen molar-refractivity contribution in [2.45, 2.75) is 19.3 Å². The van der Waals surface area contributed by atoms with E-state index < -0.39 is 0 Å². The van der Waals surface area contributed by atoms with Crippen molar-refractivity contribution in [3.8, 4) is 50.2 Å². The Morgan fingerprint density at radius 3 is 1.84 bits per heavy atom. The summed E-state index contributed by atoms with van der Waals surface area (Å²) in [4.78, 5) is 2.41. The smallest absolute Gasteiger partial charge is 0.0623 e. The van der Waals surface area contributed by atoms with E-state index in [1.54, 1.807) is 0 Å². The van der Waals surface area contributed by atoms with Crippen LogP contribution in [-0.4, -0.2) is 4.57 Å². The van der Waals surface area contributed by atoms with Crippen LogP contribution >= 0.6 is 0 Å². The van der Waals surface area contributed by atoms with E-state index in [1.807, 2.05) is 0 Å². The second-order valence-corrected chi connectivity index (χ2v) is 16.1. The Morgan fingerprint density at radius 2 is 1.02 bits per heavy atom. The van der Waals surface area contributed by atoms with Gasteiger partial charge < -0.3 is 9.47 Å². The Hall–Kier alpha value is -7.16. The van der Waals surface area contributed by atoms with E-state index in [-0.39, 0.29) is 5.41 Å². The van der Waals surface area contributed by atoms with Crippen molar-refractivity contribution in [3.05, 3.63) is 205 Å². The van der Waals surface area contributed by atoms with E-state index in [2.05, 4.69) is 217 Å². The lowest BCUT2D eigenvalue weighted by Gasteiger charge is -2.26. The van der Waals surface area contributed by atoms with Gasteiger partial charge in [-0.05, 0) is 104 Å². The SMILES string of the molecule is CC1(C)c2cccc3c2-c2c1ccc1c4cc(N(c5ccc(-c6ccccc6)cc5)c5ccc(-c6cccc7ccccc67)cc5)ccc4n(c21)-c1ccccc1-3. The van der Waals surface area contributed by atoms with Gasteiger partial charge in [0.2, 0.25) is 0 Å². The van der Waals surface area contributed by atoms with E-state index in [9.17, 15) is 0 Å². The maximum Gasteiger partial charge on any atom is 0.0623 e. The number of aromatic nitrogens is 1. The molecule has 1 aliphatic heterocycles. The maximum atomic E-state index is 2.55. The molecular weight excluding hydrogens is 689 g/mol. The van der Waals surface area contributed by atoms with E-state index in [0.717, 1.165) is 17.1 Å². The van der Waals surface area contributed by atoms with Gasteiger partial charge in [-0.3, -0.25) is 0 Å². The summed E-state index contributed by atoms with van der Waals surface area (Å²) in [7, 11) is 0. The van der Waals surface area contributed by atoms with Crippen LogP contribution in [0, 0.1) is 0 Å². The first-order chi connectivity index (χ1) is 28.0. The van der Waals surface area contributed by atoms with Gasteiger partial charge in [0.15, 0.2) is 0 Å². The summed E-state index contributed by atoms with van der Waals surface area (Å²) < 4.78 is 2.55. The Kier molecular flexibility index (Phi) is 6.72. The number of anilines is 3. The number of hydrogen-bond acceptors (Lipinski definition) is 1. The summed E-state index contributed by atoms with van der Waals surface area (Å²) in [6, 6.07) is 71.7. The van der Waals surface area contributed by atoms with E-state index in [0.29, 0.717) is 0 Å². The normalized spacial score (nSPS) is 13.2. The quantitative estimate of drug-likeness (QED) is 0.171. The zero-order valence-electron chi connectivity index (χ0n) is 31.9. The van der Waals surface area contributed by atoms with Crippen molar-refractivity contribution < 1.29 is 0 Å². The molecule has 2 heteroatoms. The molecule has 2 nitrogen and oxygen atoms in total. The van der Waals surface area contributed by atoms with Crippen molar-refractivity contribution in [2.24, 2.45) is 0 Å². The van der Waals surface area contributed by atoms with Gasteiger partial charge in [-0.15, -0.1) is 0 Å². The first kappa shape index (κ1) is 32.1. The standard InChI is InChI=1S/C55H38N2/c1-55(2)48-20-11-19-45-44-17-8-9-21-50(44)57-51-33-30-41(34-47(51)46-31-32-49(55)53(52(45)48)54(46)57)56(39-26-22-36(23-27-39)35-12-4-3-5-13-35)40-28-24-38(25-29-40)43-18-10-15-37-14-6-7-16-42(37)43/h3-34H,1-2H3. The molecule has 0 bridgehead atoms. The molecule has 9 aromatic carbocycles. The number of fused-ring (bicyclic) bond motifs is 7. The molecule has 0 saturated carbocycles. The van der Waals surface area contributed by atoms with Crippen LogP contribution in [0.5, 0.6) is 0 Å². The van der Waals surface area contributed by atoms with E-state index >= 15 is 0 Å². The summed E-state index contributed by atoms with van der Waals surface area (Å²) in [6.07, 6.45) is 0. The minimum atomic E-state index is -0.0888. The predicted molar refractivity (Wildman–Crippen MR) is 240 cm³/mol. The molecular formula is C55H38N2. The van der Waals surface area contributed by atoms with Crippen LogP contribution in [0.2, 0.25) is 0 Å². The van der Waals surface area contributed by atoms with Gasteiger partial charge in [-0.25, -0.2) is 0 Å². The molecule has 57 heavy (non-hydrogen) atoms. The summed E-state index contributed by atoms with van der Waals surface area (Å²) in [5.41, 5.74) is 20.1. The molecule has 0 atom stereocenters. The van der Waals surface area contributed by atoms with Crippen molar-refractivity contribution in [2.75, 3.05) is 4.90 Å². The highest BCUT2D eigenvalue weighted by Crippen LogP contribution is 2.58. The van der Waals surface area contributed by atoms with Crippen molar-refractivity contribution in [1.29, 1.82) is 0 Å². The fourth-order valence-electron chi connectivity index (χ4n) is 10.0. The number of para-hydroxylation sites is 1. The molecule has 0 unspecified atom stereocenters. The van der Waals surface area contributed by atoms with Crippen molar-refractivity contribution >= 4 is 49.6 Å². The van der Waals surface area contributed by atoms with Gasteiger partial charge in [-0.1, -0.05) is 159 Å². The van der Waals surface area contributed by atoms with Crippen LogP contribution in [0.25, 0.3) is 82.8 Å². The summed E-state index contributed by atoms with van der Waals surface area (Å²) in [5, 5.41) is 5.06. The highest BCUT2D eigenvalue weighted by atomic mass is 15.1. The molecule has 0 saturated heterocycles. The zero-order valence-corrected chi connectivity index (χ0v) is 31.9. The number of rotatable bonds is 5. The second kappa shape index (κ2) is 11.9. The van der Waals surface area contributed by atoms with Crippen LogP contribution < -0.4 is 4.90 Å². The minimum absolute atomic E-state index is 0.0888. The predicted octanol–water partition coefficient (Wildman–Crippen LogP) is 15.0. The Morgan fingerprint density at radius 1 is 0.404 bits per heavy atom. The molecule has 12 rings (SSSR count). The topological polar surface area (TPSA) is 8.17 Å². The van der Waals surface area contributed by atoms with Gasteiger partial charge in [0.05, 0.1) is 16.7 Å². The van der Waals surface area contributed by atoms with E-state index in [4.69, 9.17) is 0 Å². The van der Waals surface area contributed by atoms with Gasteiger partial charge in [0.25, 0.3) is 0 Å². The lowest BCUT2D eigenvalue weighted by atomic mass is 9.81. The highest BCUT2D eigenvalue weighted by Gasteiger charge is 2.40. The molecule has 0 fully saturated rings. The van der Waals surface area contributed by atoms with Crippen LogP contribution in [0.1, 0.15) is 25.0 Å². The average molecular weight is 727 g/mol. The maximum absolute atomic E-state index is 2.55. The van der Waals surface area contributed by atoms with Crippen LogP contribution in [0.3, 0.4) is 0 Å². The third-order valence-electron chi connectivity index (χ3n) is 12.7. The largest absolute Gasteiger partial charge is 0.310 e. The molecule has 0 amide bonds. The minimum Gasteiger partial charge on any atom is -0.310 e. The molecule has 0 radical (unpaired) electrons. The first-order valence-corrected chi connectivity index (χ1v) is 19.9. The molecule has 1 aliphatic carbocycles. The summed E-state index contributed by atoms with van der Waals surface area (Å²) in [5.74, 6) is 0. The molecule has 0 spiro atoms. The van der Waals surface area contributed by atoms with Gasteiger partial charge in [0, 0.05) is 44.4 Å². The highest BCUT2D eigenvalue weighted by molar-refractivity contribution is 6.19. The number of hydrogen-bond donors (Lipinski definition) is 0. The van der Waals surface area contributed by atoms with E-state index in [1.165, 1.54) is 93.9 Å². The fraction of sp³-hybridized carbons (Fsp3) is 0.0545. The fourth-order valence-corrected chi connectivity index (χ4v) is 10.0. The van der Waals surface area contributed by atoms with Crippen LogP contribution in [-0.2, 0) is 5.41 Å². The Labute approximate surface area is 332 Å². The number of nitrogens with zero attached hydrogens (tertiary/aromatic N) is 2. The van der Waals surface area contributed by atoms with Gasteiger partial charge >= 0.3 is 0 Å². The lowest BCUT2D eigenvalue weighted by Crippen LogP contribution is -2.15. The Balaban J connectivity index is 1.08. The first-order valence-electron chi connectivity index (χ1n) is 19.9. The van der Waals surface area contributed by atoms with Gasteiger partial charge in [-0.2, -0.15) is 0 Å². The Bertz CT molecular complexity index is 3230. The van der Waals surface area contributed by atoms with Gasteiger partial charge in [0.1, 0.15) is 0 Å². The lowest BCUT2D eigenvalue weighted by molar-refractivity contribution is 0.661. The van der Waals surface area contributed by atoms with Crippen LogP contribution in [0.4, 0.5) is 17.1 Å². The molecule has 2 aliphatic rings. The summed E-state index contributed by atoms with van der Waals surface area (Å²) >= 11 is 0. The zero-order chi connectivity index (χ0) is 37.8. The molecule has 1 aromatic heterocycles. The monoisotopic (exact) mass is 726 g/mol. The molecule has 2 heterocycles. The summed E-state index contributed by atoms with van der Waals surface area (Å²) in [6.45, 7) is 4.77. The third kappa shape index (κ3) is 4.59. The third-order valence-corrected chi connectivity index (χ3v) is 12.7. The molecule has 268 valence electrons. The molecule has 10 aromatic rings. The van der Waals surface area contributed by atoms with Crippen molar-refractivity contribution in [3.63, 3.8) is 0 Å². The second-order valence-electron chi connectivity index (χ2n) is 16.1. The van der Waals surface area contributed by atoms with Crippen LogP contribution in [0.15, 0.2) is 194 Å². The molecule has 0 N–H and O–H groups in total. The van der Waals surface area contributed by atoms with Crippen molar-refractivity contribution in [1.82, 2.24) is 4.57 Å². The number of benzene rings is 9. The average Bonchev–Trinajstić information content (AvgIpc) is 3.67.